The van der Waals surface area contributed by atoms with Gasteiger partial charge in [-0.25, -0.2) is 0 Å². The first-order chi connectivity index (χ1) is 7.65. The van der Waals surface area contributed by atoms with Crippen LogP contribution in [0.4, 0.5) is 0 Å². The van der Waals surface area contributed by atoms with Gasteiger partial charge in [0.25, 0.3) is 5.88 Å². The Bertz CT molecular complexity index is 292. The first-order valence-electron chi connectivity index (χ1n) is 5.85. The van der Waals surface area contributed by atoms with Crippen molar-refractivity contribution < 1.29 is 9.26 Å². The molecule has 0 amide bonds. The van der Waals surface area contributed by atoms with Crippen LogP contribution in [0, 0.1) is 5.92 Å². The first kappa shape index (κ1) is 14.8. The molecule has 1 atom stereocenters. The van der Waals surface area contributed by atoms with Crippen molar-refractivity contribution in [3.8, 4) is 5.88 Å². The van der Waals surface area contributed by atoms with Crippen molar-refractivity contribution in [2.75, 3.05) is 6.61 Å². The molecule has 3 nitrogen and oxygen atoms in total. The maximum Gasteiger partial charge on any atom is 0.254 e. The van der Waals surface area contributed by atoms with E-state index in [1.54, 1.807) is 6.08 Å². The van der Waals surface area contributed by atoms with Gasteiger partial charge in [-0.1, -0.05) is 47.3 Å². The van der Waals surface area contributed by atoms with Gasteiger partial charge in [-0.05, 0) is 11.1 Å². The Labute approximate surface area is 98.5 Å². The normalized spacial score (nSPS) is 11.6. The summed E-state index contributed by atoms with van der Waals surface area (Å²) in [5.41, 5.74) is 0. The van der Waals surface area contributed by atoms with Gasteiger partial charge >= 0.3 is 0 Å². The van der Waals surface area contributed by atoms with Crippen LogP contribution in [0.1, 0.15) is 46.3 Å². The van der Waals surface area contributed by atoms with Crippen molar-refractivity contribution in [2.45, 2.75) is 40.5 Å². The van der Waals surface area contributed by atoms with E-state index >= 15 is 0 Å². The third-order valence-electron chi connectivity index (χ3n) is 2.30. The summed E-state index contributed by atoms with van der Waals surface area (Å²) in [6, 6.07) is 1.84. The summed E-state index contributed by atoms with van der Waals surface area (Å²) >= 11 is 0. The molecule has 0 fully saturated rings. The molecule has 3 heteroatoms. The molecule has 1 rings (SSSR count). The summed E-state index contributed by atoms with van der Waals surface area (Å²) < 4.78 is 10.4. The molecule has 1 aromatic heterocycles. The van der Waals surface area contributed by atoms with E-state index in [2.05, 4.69) is 32.5 Å². The monoisotopic (exact) mass is 225 g/mol. The molecule has 0 aliphatic rings. The highest BCUT2D eigenvalue weighted by molar-refractivity contribution is 5.14. The van der Waals surface area contributed by atoms with E-state index in [0.717, 1.165) is 5.76 Å². The molecule has 1 heterocycles. The van der Waals surface area contributed by atoms with Crippen molar-refractivity contribution in [2.24, 2.45) is 5.92 Å². The second-order valence-corrected chi connectivity index (χ2v) is 3.70. The van der Waals surface area contributed by atoms with Crippen LogP contribution in [-0.4, -0.2) is 11.8 Å². The van der Waals surface area contributed by atoms with Crippen molar-refractivity contribution >= 4 is 0 Å². The van der Waals surface area contributed by atoms with E-state index in [9.17, 15) is 0 Å². The number of nitrogens with zero attached hydrogens (tertiary/aromatic N) is 1. The molecule has 16 heavy (non-hydrogen) atoms. The molecule has 0 aliphatic heterocycles. The van der Waals surface area contributed by atoms with E-state index in [1.807, 2.05) is 19.9 Å². The SMILES string of the molecule is C=CCOc1cc(C(C)C(C)C)on1.CC. The van der Waals surface area contributed by atoms with Crippen LogP contribution in [0.5, 0.6) is 5.88 Å². The Morgan fingerprint density at radius 3 is 2.56 bits per heavy atom. The molecule has 92 valence electrons. The lowest BCUT2D eigenvalue weighted by Crippen LogP contribution is -2.00. The molecule has 0 radical (unpaired) electrons. The van der Waals surface area contributed by atoms with Crippen LogP contribution in [0.2, 0.25) is 0 Å². The lowest BCUT2D eigenvalue weighted by molar-refractivity contribution is 0.291. The van der Waals surface area contributed by atoms with E-state index in [4.69, 9.17) is 9.26 Å². The van der Waals surface area contributed by atoms with Gasteiger partial charge in [0.05, 0.1) is 0 Å². The number of hydrogen-bond acceptors (Lipinski definition) is 3. The summed E-state index contributed by atoms with van der Waals surface area (Å²) in [6.07, 6.45) is 1.68. The predicted octanol–water partition coefficient (Wildman–Crippen LogP) is 4.03. The summed E-state index contributed by atoms with van der Waals surface area (Å²) in [5.74, 6) is 2.31. The summed E-state index contributed by atoms with van der Waals surface area (Å²) in [6.45, 7) is 14.4. The maximum absolute atomic E-state index is 5.24. The molecule has 0 saturated heterocycles. The zero-order valence-corrected chi connectivity index (χ0v) is 11.0. The fourth-order valence-corrected chi connectivity index (χ4v) is 1.03. The molecule has 0 spiro atoms. The van der Waals surface area contributed by atoms with Crippen LogP contribution >= 0.6 is 0 Å². The van der Waals surface area contributed by atoms with Gasteiger partial charge in [0, 0.05) is 12.0 Å². The minimum atomic E-state index is 0.364. The second-order valence-electron chi connectivity index (χ2n) is 3.70. The van der Waals surface area contributed by atoms with Crippen LogP contribution in [0.3, 0.4) is 0 Å². The van der Waals surface area contributed by atoms with Gasteiger partial charge < -0.3 is 9.26 Å². The molecule has 0 aliphatic carbocycles. The topological polar surface area (TPSA) is 35.3 Å². The Kier molecular flexibility index (Phi) is 7.34. The summed E-state index contributed by atoms with van der Waals surface area (Å²) in [4.78, 5) is 0. The number of hydrogen-bond donors (Lipinski definition) is 0. The highest BCUT2D eigenvalue weighted by atomic mass is 16.5. The van der Waals surface area contributed by atoms with Crippen LogP contribution in [0.25, 0.3) is 0 Å². The van der Waals surface area contributed by atoms with Crippen LogP contribution < -0.4 is 4.74 Å². The van der Waals surface area contributed by atoms with Crippen LogP contribution in [-0.2, 0) is 0 Å². The highest BCUT2D eigenvalue weighted by Crippen LogP contribution is 2.26. The second kappa shape index (κ2) is 7.97. The van der Waals surface area contributed by atoms with E-state index in [-0.39, 0.29) is 0 Å². The maximum atomic E-state index is 5.24. The van der Waals surface area contributed by atoms with Gasteiger partial charge in [0.15, 0.2) is 0 Å². The Hall–Kier alpha value is -1.25. The van der Waals surface area contributed by atoms with Crippen molar-refractivity contribution in [1.29, 1.82) is 0 Å². The third-order valence-corrected chi connectivity index (χ3v) is 2.30. The Balaban J connectivity index is 0.00000106. The molecule has 0 N–H and O–H groups in total. The fourth-order valence-electron chi connectivity index (χ4n) is 1.03. The van der Waals surface area contributed by atoms with Gasteiger partial charge in [-0.15, -0.1) is 0 Å². The Morgan fingerprint density at radius 2 is 2.06 bits per heavy atom. The molecule has 1 unspecified atom stereocenters. The van der Waals surface area contributed by atoms with Gasteiger partial charge in [0.1, 0.15) is 12.4 Å². The lowest BCUT2D eigenvalue weighted by atomic mass is 9.96. The first-order valence-corrected chi connectivity index (χ1v) is 5.85. The Morgan fingerprint density at radius 1 is 1.44 bits per heavy atom. The van der Waals surface area contributed by atoms with Gasteiger partial charge in [-0.2, -0.15) is 0 Å². The predicted molar refractivity (Wildman–Crippen MR) is 66.8 cm³/mol. The van der Waals surface area contributed by atoms with Crippen molar-refractivity contribution in [1.82, 2.24) is 5.16 Å². The minimum absolute atomic E-state index is 0.364. The average Bonchev–Trinajstić information content (AvgIpc) is 2.76. The standard InChI is InChI=1S/C11H17NO2.C2H6/c1-5-6-13-11-7-10(14-12-11)9(4)8(2)3;1-2/h5,7-9H,1,6H2,2-4H3;1-2H3. The molecule has 0 aromatic carbocycles. The lowest BCUT2D eigenvalue weighted by Gasteiger charge is -2.10. The molecular weight excluding hydrogens is 202 g/mol. The van der Waals surface area contributed by atoms with Gasteiger partial charge in [0.2, 0.25) is 0 Å². The van der Waals surface area contributed by atoms with E-state index in [1.165, 1.54) is 0 Å². The summed E-state index contributed by atoms with van der Waals surface area (Å²) in [5, 5.41) is 3.81. The largest absolute Gasteiger partial charge is 0.471 e. The molecule has 1 aromatic rings. The average molecular weight is 225 g/mol. The molecule has 0 saturated carbocycles. The fraction of sp³-hybridized carbons (Fsp3) is 0.615. The van der Waals surface area contributed by atoms with E-state index in [0.29, 0.717) is 24.3 Å². The third kappa shape index (κ3) is 4.51. The van der Waals surface area contributed by atoms with Crippen molar-refractivity contribution in [3.05, 3.63) is 24.5 Å². The van der Waals surface area contributed by atoms with Crippen LogP contribution in [0.15, 0.2) is 23.2 Å². The molecular formula is C13H23NO2. The zero-order chi connectivity index (χ0) is 12.6. The smallest absolute Gasteiger partial charge is 0.254 e. The number of ether oxygens (including phenoxy) is 1. The van der Waals surface area contributed by atoms with Crippen molar-refractivity contribution in [3.63, 3.8) is 0 Å². The van der Waals surface area contributed by atoms with E-state index < -0.39 is 0 Å². The summed E-state index contributed by atoms with van der Waals surface area (Å²) in [7, 11) is 0. The highest BCUT2D eigenvalue weighted by Gasteiger charge is 2.15. The minimum Gasteiger partial charge on any atom is -0.471 e. The number of aromatic nitrogens is 1. The van der Waals surface area contributed by atoms with Gasteiger partial charge in [-0.3, -0.25) is 0 Å². The quantitative estimate of drug-likeness (QED) is 0.710. The number of rotatable bonds is 5. The molecule has 0 bridgehead atoms. The zero-order valence-electron chi connectivity index (χ0n) is 11.0.